The van der Waals surface area contributed by atoms with Gasteiger partial charge in [-0.05, 0) is 174 Å². The van der Waals surface area contributed by atoms with Gasteiger partial charge in [0, 0.05) is 11.1 Å². The average Bonchev–Trinajstić information content (AvgIpc) is 1.31. The second-order valence-electron chi connectivity index (χ2n) is 26.8. The van der Waals surface area contributed by atoms with Crippen LogP contribution in [0.3, 0.4) is 0 Å². The van der Waals surface area contributed by atoms with Crippen molar-refractivity contribution in [3.8, 4) is 112 Å². The number of hydrogen-bond donors (Lipinski definition) is 4. The standard InChI is InChI=1S/C92H58N8O6.2Co/c101-75-47-57(85-71-43-39-67(97-71)81(53-23-11-3-12-24-53)63-35-31-59(93-63)79(51-19-7-1-8-20-51)60-32-36-64(94-60)82(54-25-13-4-14-26-54)68-40-44-72(85)98-68)48-76(102)87(75)89-91(105)90(92(89)106)88-77(103)49-58(50-78(88)104)86-73-45-41-69(99-73)83(55-27-15-5-16-28-55)65-37-33-61(95-65)80(52-21-9-2-10-22-52)62-34-38-66(96-62)84(56-29-17-6-18-30-56)70-42-46-74(86)100-70;;/h1-50,89-92H,(H4-4,93,94,95,96,97,98,99,100,101,102,103,104);;/q-6;2*+2. The summed E-state index contributed by atoms with van der Waals surface area (Å²) in [6.45, 7) is 0. The molecule has 0 spiro atoms. The van der Waals surface area contributed by atoms with Gasteiger partial charge in [-0.1, -0.05) is 231 Å². The largest absolute Gasteiger partial charge is 2.00 e. The van der Waals surface area contributed by atoms with E-state index in [9.17, 15) is 20.4 Å². The van der Waals surface area contributed by atoms with Crippen molar-refractivity contribution in [1.82, 2.24) is 39.9 Å². The van der Waals surface area contributed by atoms with Crippen molar-refractivity contribution >= 4 is 92.7 Å². The summed E-state index contributed by atoms with van der Waals surface area (Å²) in [6.07, 6.45) is 11.8. The topological polar surface area (TPSA) is 235 Å². The summed E-state index contributed by atoms with van der Waals surface area (Å²) in [4.78, 5) is 42.7. The predicted molar refractivity (Wildman–Crippen MR) is 417 cm³/mol. The molecule has 16 heteroatoms. The van der Waals surface area contributed by atoms with Crippen LogP contribution in [0.1, 0.15) is 68.5 Å². The summed E-state index contributed by atoms with van der Waals surface area (Å²) < 4.78 is 0. The zero-order valence-corrected chi connectivity index (χ0v) is 59.1. The average molecular weight is 1490 g/mol. The van der Waals surface area contributed by atoms with E-state index in [2.05, 4.69) is 24.3 Å². The molecule has 0 saturated heterocycles. The quantitative estimate of drug-likeness (QED) is 0.0997. The monoisotopic (exact) mass is 1490 g/mol. The first kappa shape index (κ1) is 68.2. The Labute approximate surface area is 640 Å². The number of aromatic hydroxyl groups is 4. The Kier molecular flexibility index (Phi) is 17.6. The maximum atomic E-state index is 15.0. The first-order valence-electron chi connectivity index (χ1n) is 34.9. The van der Waals surface area contributed by atoms with Crippen LogP contribution in [-0.4, -0.2) is 52.6 Å². The van der Waals surface area contributed by atoms with Gasteiger partial charge >= 0.3 is 33.6 Å². The number of hydrogen-bond acceptors (Lipinski definition) is 10. The molecule has 522 valence electrons. The Bertz CT molecular complexity index is 5910. The van der Waals surface area contributed by atoms with Crippen molar-refractivity contribution in [1.29, 1.82) is 0 Å². The third-order valence-electron chi connectivity index (χ3n) is 20.5. The van der Waals surface area contributed by atoms with Crippen molar-refractivity contribution in [2.45, 2.75) is 24.0 Å². The van der Waals surface area contributed by atoms with Crippen LogP contribution < -0.4 is 30.1 Å². The molecule has 2 radical (unpaired) electrons. The van der Waals surface area contributed by atoms with Crippen LogP contribution in [0.15, 0.2) is 255 Å². The number of rotatable bonds is 10. The summed E-state index contributed by atoms with van der Waals surface area (Å²) in [5.74, 6) is -5.08. The van der Waals surface area contributed by atoms with E-state index in [-0.39, 0.29) is 44.7 Å². The second kappa shape index (κ2) is 27.9. The van der Waals surface area contributed by atoms with Gasteiger partial charge in [0.15, 0.2) is 0 Å². The van der Waals surface area contributed by atoms with Gasteiger partial charge in [0.25, 0.3) is 0 Å². The molecule has 14 nitrogen and oxygen atoms in total. The molecule has 1 fully saturated rings. The van der Waals surface area contributed by atoms with Gasteiger partial charge < -0.3 is 50.6 Å². The molecule has 1 aliphatic carbocycles. The molecule has 6 aromatic heterocycles. The zero-order chi connectivity index (χ0) is 71.3. The maximum Gasteiger partial charge on any atom is 2.00 e. The zero-order valence-electron chi connectivity index (χ0n) is 57.0. The Hall–Kier alpha value is -12.9. The van der Waals surface area contributed by atoms with Gasteiger partial charge in [-0.3, -0.25) is 0 Å². The Balaban J connectivity index is 0.00000427. The first-order valence-corrected chi connectivity index (χ1v) is 34.9. The van der Waals surface area contributed by atoms with Crippen molar-refractivity contribution in [2.24, 2.45) is 0 Å². The SMILES string of the molecule is [Co+2].[Co+2].[O-]C1C(c2c(O)cc(-c3c4nc(c(-c5ccccc5)c5ccc([n-]5)c(-c5ccccc5)c5nc(c(-c6ccccc6)c6ccc3[n-]6)C=C5)C=C4)cc2O)C([O-])C1c1c(O)cc(-c2c3nc(c(-c4ccccc4)c4ccc([n-]4)c(-c4ccccc4)c4nc(c(-c5ccccc5)c5ccc2[n-]5)C=C4)C=C3)cc1O. The van der Waals surface area contributed by atoms with E-state index in [1.165, 1.54) is 24.3 Å². The molecular formula is C92H58Co2N8O6-2. The molecule has 108 heavy (non-hydrogen) atoms. The minimum atomic E-state index is -1.86. The molecule has 5 aliphatic rings. The second-order valence-corrected chi connectivity index (χ2v) is 26.8. The van der Waals surface area contributed by atoms with E-state index in [4.69, 9.17) is 39.9 Å². The van der Waals surface area contributed by atoms with Gasteiger partial charge in [0.05, 0.1) is 45.6 Å². The Morgan fingerprint density at radius 3 is 0.546 bits per heavy atom. The number of benzene rings is 8. The number of aromatic nitrogens is 8. The normalized spacial score (nSPS) is 15.4. The number of nitrogens with zero attached hydrogens (tertiary/aromatic N) is 8. The number of phenolic OH excluding ortho intramolecular Hbond substituents is 4. The number of phenols is 4. The minimum Gasteiger partial charge on any atom is -0.851 e. The van der Waals surface area contributed by atoms with E-state index in [1.54, 1.807) is 0 Å². The van der Waals surface area contributed by atoms with Crippen LogP contribution in [0.25, 0.3) is 182 Å². The summed E-state index contributed by atoms with van der Waals surface area (Å²) in [5, 5.41) is 79.5. The molecule has 0 unspecified atom stereocenters. The first-order chi connectivity index (χ1) is 52.0. The van der Waals surface area contributed by atoms with Gasteiger partial charge in [0.1, 0.15) is 23.0 Å². The molecule has 0 amide bonds. The van der Waals surface area contributed by atoms with Crippen LogP contribution in [0.4, 0.5) is 0 Å². The van der Waals surface area contributed by atoms with Crippen molar-refractivity contribution in [3.05, 3.63) is 311 Å². The molecule has 16 bridgehead atoms. The van der Waals surface area contributed by atoms with E-state index in [1.807, 2.05) is 255 Å². The molecule has 14 aromatic rings. The van der Waals surface area contributed by atoms with Crippen molar-refractivity contribution < 1.29 is 64.2 Å². The Morgan fingerprint density at radius 2 is 0.380 bits per heavy atom. The molecule has 19 rings (SSSR count). The maximum absolute atomic E-state index is 15.0. The molecule has 1 saturated carbocycles. The third kappa shape index (κ3) is 11.8. The summed E-state index contributed by atoms with van der Waals surface area (Å²) in [6, 6.07) is 81.0. The fourth-order valence-electron chi connectivity index (χ4n) is 15.7. The van der Waals surface area contributed by atoms with Gasteiger partial charge in [-0.2, -0.15) is 0 Å². The van der Waals surface area contributed by atoms with E-state index in [0.29, 0.717) is 89.5 Å². The van der Waals surface area contributed by atoms with E-state index < -0.39 is 47.0 Å². The van der Waals surface area contributed by atoms with Crippen molar-refractivity contribution in [3.63, 3.8) is 0 Å². The molecule has 10 heterocycles. The molecule has 4 N–H and O–H groups in total. The number of fused-ring (bicyclic) bond motifs is 16. The van der Waals surface area contributed by atoms with Crippen LogP contribution in [0.5, 0.6) is 23.0 Å². The summed E-state index contributed by atoms with van der Waals surface area (Å²) >= 11 is 0. The fourth-order valence-corrected chi connectivity index (χ4v) is 15.7. The minimum absolute atomic E-state index is 0. The van der Waals surface area contributed by atoms with E-state index in [0.717, 1.165) is 89.2 Å². The molecule has 4 aliphatic heterocycles. The van der Waals surface area contributed by atoms with Gasteiger partial charge in [-0.25, -0.2) is 19.9 Å². The van der Waals surface area contributed by atoms with Crippen LogP contribution in [-0.2, 0) is 33.6 Å². The van der Waals surface area contributed by atoms with Gasteiger partial charge in [-0.15, -0.1) is 56.3 Å². The molecule has 8 aromatic carbocycles. The van der Waals surface area contributed by atoms with E-state index >= 15 is 10.2 Å². The Morgan fingerprint density at radius 1 is 0.222 bits per heavy atom. The summed E-state index contributed by atoms with van der Waals surface area (Å²) in [7, 11) is 0. The predicted octanol–water partition coefficient (Wildman–Crippen LogP) is 17.6. The van der Waals surface area contributed by atoms with Gasteiger partial charge in [0.2, 0.25) is 0 Å². The van der Waals surface area contributed by atoms with Crippen LogP contribution >= 0.6 is 0 Å². The third-order valence-corrected chi connectivity index (χ3v) is 20.5. The van der Waals surface area contributed by atoms with Crippen LogP contribution in [0, 0.1) is 0 Å². The summed E-state index contributed by atoms with van der Waals surface area (Å²) in [5.41, 5.74) is 20.7. The smallest absolute Gasteiger partial charge is 0.851 e. The van der Waals surface area contributed by atoms with Crippen molar-refractivity contribution in [2.75, 3.05) is 0 Å². The molecule has 0 atom stereocenters. The van der Waals surface area contributed by atoms with Crippen LogP contribution in [0.2, 0.25) is 0 Å². The molecular weight excluding hydrogens is 1430 g/mol. The fraction of sp³-hybridized carbons (Fsp3) is 0.0435.